The molecule has 2 rings (SSSR count). The summed E-state index contributed by atoms with van der Waals surface area (Å²) in [5, 5.41) is 0.773. The number of ether oxygens (including phenoxy) is 1. The fourth-order valence-corrected chi connectivity index (χ4v) is 2.93. The summed E-state index contributed by atoms with van der Waals surface area (Å²) in [5.74, 6) is -0.109. The fraction of sp³-hybridized carbons (Fsp3) is 0.562. The number of carbonyl (C=O) groups excluding carboxylic acids is 1. The minimum Gasteiger partial charge on any atom is -0.469 e. The largest absolute Gasteiger partial charge is 0.469 e. The van der Waals surface area contributed by atoms with Gasteiger partial charge in [0.1, 0.15) is 0 Å². The third-order valence-corrected chi connectivity index (χ3v) is 4.21. The molecule has 0 radical (unpaired) electrons. The second kappa shape index (κ2) is 7.65. The summed E-state index contributed by atoms with van der Waals surface area (Å²) in [6.07, 6.45) is 5.06. The van der Waals surface area contributed by atoms with E-state index in [0.717, 1.165) is 24.5 Å². The zero-order chi connectivity index (χ0) is 14.4. The maximum absolute atomic E-state index is 11.3. The molecule has 1 saturated heterocycles. The minimum absolute atomic E-state index is 0.109. The number of esters is 1. The van der Waals surface area contributed by atoms with Crippen LogP contribution in [0.5, 0.6) is 0 Å². The second-order valence-corrected chi connectivity index (χ2v) is 5.80. The Bertz CT molecular complexity index is 433. The molecule has 1 aliphatic rings. The van der Waals surface area contributed by atoms with Crippen LogP contribution in [0.2, 0.25) is 5.02 Å². The van der Waals surface area contributed by atoms with Crippen molar-refractivity contribution in [2.24, 2.45) is 0 Å². The number of piperidine rings is 1. The zero-order valence-electron chi connectivity index (χ0n) is 12.0. The van der Waals surface area contributed by atoms with Crippen molar-refractivity contribution < 1.29 is 9.53 Å². The number of rotatable bonds is 5. The normalized spacial score (nSPS) is 19.8. The number of hydrogen-bond donors (Lipinski definition) is 0. The molecule has 1 aliphatic heterocycles. The molecule has 1 atom stereocenters. The van der Waals surface area contributed by atoms with Crippen molar-refractivity contribution in [1.82, 2.24) is 4.90 Å². The lowest BCUT2D eigenvalue weighted by Crippen LogP contribution is -2.39. The van der Waals surface area contributed by atoms with Crippen molar-refractivity contribution in [2.75, 3.05) is 13.7 Å². The standard InChI is InChI=1S/C16H22ClNO2/c1-20-16(19)10-9-15-4-2-3-11-18(15)12-13-5-7-14(17)8-6-13/h5-8,15H,2-4,9-12H2,1H3. The van der Waals surface area contributed by atoms with Crippen LogP contribution in [0, 0.1) is 0 Å². The van der Waals surface area contributed by atoms with E-state index in [0.29, 0.717) is 12.5 Å². The number of carbonyl (C=O) groups is 1. The number of hydrogen-bond acceptors (Lipinski definition) is 3. The summed E-state index contributed by atoms with van der Waals surface area (Å²) in [6, 6.07) is 8.51. The summed E-state index contributed by atoms with van der Waals surface area (Å²) in [5.41, 5.74) is 1.28. The van der Waals surface area contributed by atoms with Crippen molar-refractivity contribution in [3.05, 3.63) is 34.9 Å². The minimum atomic E-state index is -0.109. The van der Waals surface area contributed by atoms with Crippen LogP contribution in [0.15, 0.2) is 24.3 Å². The van der Waals surface area contributed by atoms with E-state index in [1.807, 2.05) is 12.1 Å². The van der Waals surface area contributed by atoms with E-state index in [9.17, 15) is 4.79 Å². The van der Waals surface area contributed by atoms with Crippen molar-refractivity contribution in [2.45, 2.75) is 44.7 Å². The van der Waals surface area contributed by atoms with E-state index < -0.39 is 0 Å². The van der Waals surface area contributed by atoms with E-state index in [1.54, 1.807) is 0 Å². The van der Waals surface area contributed by atoms with E-state index in [4.69, 9.17) is 16.3 Å². The molecule has 1 fully saturated rings. The van der Waals surface area contributed by atoms with Crippen LogP contribution in [0.3, 0.4) is 0 Å². The Labute approximate surface area is 125 Å². The quantitative estimate of drug-likeness (QED) is 0.777. The van der Waals surface area contributed by atoms with Crippen LogP contribution in [0.1, 0.15) is 37.7 Å². The first-order valence-corrected chi connectivity index (χ1v) is 7.62. The molecule has 4 heteroatoms. The van der Waals surface area contributed by atoms with Gasteiger partial charge in [0.05, 0.1) is 7.11 Å². The molecule has 0 bridgehead atoms. The second-order valence-electron chi connectivity index (χ2n) is 5.36. The SMILES string of the molecule is COC(=O)CCC1CCCCN1Cc1ccc(Cl)cc1. The lowest BCUT2D eigenvalue weighted by atomic mass is 9.97. The molecule has 0 aliphatic carbocycles. The topological polar surface area (TPSA) is 29.5 Å². The van der Waals surface area contributed by atoms with Crippen LogP contribution in [-0.4, -0.2) is 30.6 Å². The lowest BCUT2D eigenvalue weighted by molar-refractivity contribution is -0.141. The Hall–Kier alpha value is -1.06. The van der Waals surface area contributed by atoms with Gasteiger partial charge in [-0.15, -0.1) is 0 Å². The van der Waals surface area contributed by atoms with Crippen LogP contribution in [-0.2, 0) is 16.1 Å². The van der Waals surface area contributed by atoms with Gasteiger partial charge in [-0.25, -0.2) is 0 Å². The number of likely N-dealkylation sites (tertiary alicyclic amines) is 1. The maximum atomic E-state index is 11.3. The Morgan fingerprint density at radius 1 is 1.35 bits per heavy atom. The molecule has 1 aromatic rings. The molecule has 1 unspecified atom stereocenters. The molecule has 0 amide bonds. The third kappa shape index (κ3) is 4.50. The van der Waals surface area contributed by atoms with Crippen LogP contribution in [0.25, 0.3) is 0 Å². The van der Waals surface area contributed by atoms with Gasteiger partial charge in [-0.3, -0.25) is 9.69 Å². The summed E-state index contributed by atoms with van der Waals surface area (Å²) in [6.45, 7) is 2.04. The molecule has 0 spiro atoms. The Balaban J connectivity index is 1.92. The summed E-state index contributed by atoms with van der Waals surface area (Å²) in [4.78, 5) is 13.8. The molecule has 3 nitrogen and oxygen atoms in total. The van der Waals surface area contributed by atoms with Gasteiger partial charge in [0, 0.05) is 24.0 Å². The first-order valence-electron chi connectivity index (χ1n) is 7.24. The fourth-order valence-electron chi connectivity index (χ4n) is 2.81. The van der Waals surface area contributed by atoms with Crippen molar-refractivity contribution in [3.63, 3.8) is 0 Å². The molecule has 20 heavy (non-hydrogen) atoms. The van der Waals surface area contributed by atoms with Gasteiger partial charge < -0.3 is 4.74 Å². The van der Waals surface area contributed by atoms with Gasteiger partial charge in [-0.1, -0.05) is 30.2 Å². The number of benzene rings is 1. The van der Waals surface area contributed by atoms with Gasteiger partial charge in [0.2, 0.25) is 0 Å². The van der Waals surface area contributed by atoms with Gasteiger partial charge in [0.25, 0.3) is 0 Å². The average Bonchev–Trinajstić information content (AvgIpc) is 2.48. The number of nitrogens with zero attached hydrogens (tertiary/aromatic N) is 1. The first kappa shape index (κ1) is 15.3. The highest BCUT2D eigenvalue weighted by Crippen LogP contribution is 2.23. The molecular weight excluding hydrogens is 274 g/mol. The average molecular weight is 296 g/mol. The zero-order valence-corrected chi connectivity index (χ0v) is 12.7. The molecule has 0 aromatic heterocycles. The van der Waals surface area contributed by atoms with E-state index >= 15 is 0 Å². The Morgan fingerprint density at radius 3 is 2.80 bits per heavy atom. The van der Waals surface area contributed by atoms with Crippen molar-refractivity contribution in [1.29, 1.82) is 0 Å². The molecule has 1 heterocycles. The summed E-state index contributed by atoms with van der Waals surface area (Å²) < 4.78 is 4.74. The highest BCUT2D eigenvalue weighted by atomic mass is 35.5. The third-order valence-electron chi connectivity index (χ3n) is 3.96. The maximum Gasteiger partial charge on any atom is 0.305 e. The monoisotopic (exact) mass is 295 g/mol. The van der Waals surface area contributed by atoms with E-state index in [-0.39, 0.29) is 5.97 Å². The molecule has 0 saturated carbocycles. The highest BCUT2D eigenvalue weighted by molar-refractivity contribution is 6.30. The van der Waals surface area contributed by atoms with Crippen molar-refractivity contribution >= 4 is 17.6 Å². The Kier molecular flexibility index (Phi) is 5.86. The highest BCUT2D eigenvalue weighted by Gasteiger charge is 2.23. The molecule has 110 valence electrons. The molecule has 0 N–H and O–H groups in total. The van der Waals surface area contributed by atoms with E-state index in [2.05, 4.69) is 17.0 Å². The summed E-state index contributed by atoms with van der Waals surface area (Å²) >= 11 is 5.92. The van der Waals surface area contributed by atoms with E-state index in [1.165, 1.54) is 31.9 Å². The van der Waals surface area contributed by atoms with Crippen LogP contribution in [0.4, 0.5) is 0 Å². The smallest absolute Gasteiger partial charge is 0.305 e. The van der Waals surface area contributed by atoms with Gasteiger partial charge in [-0.2, -0.15) is 0 Å². The predicted molar refractivity (Wildman–Crippen MR) is 80.8 cm³/mol. The summed E-state index contributed by atoms with van der Waals surface area (Å²) in [7, 11) is 1.45. The number of halogens is 1. The van der Waals surface area contributed by atoms with Crippen LogP contribution >= 0.6 is 11.6 Å². The van der Waals surface area contributed by atoms with Crippen molar-refractivity contribution in [3.8, 4) is 0 Å². The predicted octanol–water partition coefficient (Wildman–Crippen LogP) is 3.65. The first-order chi connectivity index (χ1) is 9.69. The lowest BCUT2D eigenvalue weighted by Gasteiger charge is -2.35. The molecule has 1 aromatic carbocycles. The Morgan fingerprint density at radius 2 is 2.10 bits per heavy atom. The number of methoxy groups -OCH3 is 1. The van der Waals surface area contributed by atoms with Gasteiger partial charge in [0.15, 0.2) is 0 Å². The van der Waals surface area contributed by atoms with Crippen LogP contribution < -0.4 is 0 Å². The van der Waals surface area contributed by atoms with Gasteiger partial charge in [-0.05, 0) is 43.5 Å². The van der Waals surface area contributed by atoms with Gasteiger partial charge >= 0.3 is 5.97 Å². The molecular formula is C16H22ClNO2.